The summed E-state index contributed by atoms with van der Waals surface area (Å²) in [5.74, 6) is -2.04. The van der Waals surface area contributed by atoms with Crippen LogP contribution in [0.5, 0.6) is 0 Å². The Bertz CT molecular complexity index is 499. The van der Waals surface area contributed by atoms with Gasteiger partial charge in [-0.2, -0.15) is 0 Å². The fourth-order valence-electron chi connectivity index (χ4n) is 1.57. The van der Waals surface area contributed by atoms with Crippen LogP contribution in [-0.4, -0.2) is 23.0 Å². The highest BCUT2D eigenvalue weighted by Gasteiger charge is 2.20. The van der Waals surface area contributed by atoms with Gasteiger partial charge in [-0.1, -0.05) is 6.08 Å². The fourth-order valence-corrected chi connectivity index (χ4v) is 1.57. The van der Waals surface area contributed by atoms with Gasteiger partial charge in [-0.05, 0) is 43.5 Å². The number of aryl methyl sites for hydroxylation is 1. The summed E-state index contributed by atoms with van der Waals surface area (Å²) in [5, 5.41) is 11.4. The molecule has 0 bridgehead atoms. The van der Waals surface area contributed by atoms with E-state index in [2.05, 4.69) is 11.9 Å². The molecular formula is C14H16FNO3. The average Bonchev–Trinajstić information content (AvgIpc) is 2.37. The summed E-state index contributed by atoms with van der Waals surface area (Å²) in [5.41, 5.74) is 0.578. The van der Waals surface area contributed by atoms with Crippen molar-refractivity contribution in [3.63, 3.8) is 0 Å². The van der Waals surface area contributed by atoms with Gasteiger partial charge in [0.1, 0.15) is 11.9 Å². The summed E-state index contributed by atoms with van der Waals surface area (Å²) in [6, 6.07) is 2.92. The van der Waals surface area contributed by atoms with Crippen LogP contribution < -0.4 is 5.32 Å². The number of carboxylic acid groups (broad SMARTS) is 1. The molecule has 0 spiro atoms. The number of benzene rings is 1. The van der Waals surface area contributed by atoms with Crippen molar-refractivity contribution in [2.75, 3.05) is 0 Å². The van der Waals surface area contributed by atoms with Gasteiger partial charge in [0.15, 0.2) is 0 Å². The van der Waals surface area contributed by atoms with Crippen LogP contribution in [0.1, 0.15) is 28.8 Å². The maximum atomic E-state index is 13.1. The first-order valence-electron chi connectivity index (χ1n) is 5.86. The lowest BCUT2D eigenvalue weighted by molar-refractivity contribution is -0.139. The fraction of sp³-hybridized carbons (Fsp3) is 0.286. The lowest BCUT2D eigenvalue weighted by Gasteiger charge is -2.13. The third kappa shape index (κ3) is 4.21. The predicted molar refractivity (Wildman–Crippen MR) is 69.5 cm³/mol. The summed E-state index contributed by atoms with van der Waals surface area (Å²) in [4.78, 5) is 22.8. The van der Waals surface area contributed by atoms with Gasteiger partial charge in [-0.15, -0.1) is 6.58 Å². The molecule has 4 nitrogen and oxygen atoms in total. The first-order chi connectivity index (χ1) is 8.95. The molecule has 1 rings (SSSR count). The van der Waals surface area contributed by atoms with E-state index in [0.29, 0.717) is 12.0 Å². The van der Waals surface area contributed by atoms with Crippen LogP contribution in [0.25, 0.3) is 0 Å². The van der Waals surface area contributed by atoms with Crippen molar-refractivity contribution in [1.29, 1.82) is 0 Å². The molecule has 0 saturated carbocycles. The molecule has 0 saturated heterocycles. The molecular weight excluding hydrogens is 249 g/mol. The van der Waals surface area contributed by atoms with Crippen LogP contribution >= 0.6 is 0 Å². The molecule has 1 atom stereocenters. The normalized spacial score (nSPS) is 11.7. The molecule has 0 heterocycles. The van der Waals surface area contributed by atoms with E-state index in [1.165, 1.54) is 18.2 Å². The van der Waals surface area contributed by atoms with Crippen molar-refractivity contribution < 1.29 is 19.1 Å². The smallest absolute Gasteiger partial charge is 0.326 e. The number of carbonyl (C=O) groups excluding carboxylic acids is 1. The van der Waals surface area contributed by atoms with Crippen LogP contribution in [0.3, 0.4) is 0 Å². The Morgan fingerprint density at radius 2 is 2.21 bits per heavy atom. The Morgan fingerprint density at radius 1 is 1.53 bits per heavy atom. The number of carboxylic acids is 1. The first-order valence-corrected chi connectivity index (χ1v) is 5.86. The van der Waals surface area contributed by atoms with Gasteiger partial charge >= 0.3 is 5.97 Å². The van der Waals surface area contributed by atoms with Crippen LogP contribution in [0.4, 0.5) is 4.39 Å². The molecule has 1 unspecified atom stereocenters. The molecule has 1 aromatic carbocycles. The van der Waals surface area contributed by atoms with Gasteiger partial charge in [-0.25, -0.2) is 9.18 Å². The molecule has 0 aliphatic heterocycles. The van der Waals surface area contributed by atoms with Gasteiger partial charge in [0.2, 0.25) is 0 Å². The zero-order valence-electron chi connectivity index (χ0n) is 10.6. The number of carbonyl (C=O) groups is 2. The predicted octanol–water partition coefficient (Wildman–Crippen LogP) is 2.28. The Morgan fingerprint density at radius 3 is 2.74 bits per heavy atom. The molecule has 0 radical (unpaired) electrons. The van der Waals surface area contributed by atoms with Crippen LogP contribution in [0.15, 0.2) is 30.9 Å². The molecule has 1 aromatic rings. The monoisotopic (exact) mass is 265 g/mol. The van der Waals surface area contributed by atoms with Gasteiger partial charge < -0.3 is 10.4 Å². The van der Waals surface area contributed by atoms with Crippen molar-refractivity contribution in [2.45, 2.75) is 25.8 Å². The maximum Gasteiger partial charge on any atom is 0.326 e. The van der Waals surface area contributed by atoms with Gasteiger partial charge in [0.05, 0.1) is 0 Å². The molecule has 0 aromatic heterocycles. The van der Waals surface area contributed by atoms with Crippen LogP contribution in [0, 0.1) is 12.7 Å². The largest absolute Gasteiger partial charge is 0.480 e. The molecule has 2 N–H and O–H groups in total. The highest BCUT2D eigenvalue weighted by Crippen LogP contribution is 2.10. The minimum absolute atomic E-state index is 0.240. The van der Waals surface area contributed by atoms with E-state index >= 15 is 0 Å². The maximum absolute atomic E-state index is 13.1. The Labute approximate surface area is 110 Å². The summed E-state index contributed by atoms with van der Waals surface area (Å²) < 4.78 is 13.1. The summed E-state index contributed by atoms with van der Waals surface area (Å²) >= 11 is 0. The Kier molecular flexibility index (Phi) is 5.23. The van der Waals surface area contributed by atoms with Crippen LogP contribution in [-0.2, 0) is 4.79 Å². The second-order valence-corrected chi connectivity index (χ2v) is 4.19. The van der Waals surface area contributed by atoms with Gasteiger partial charge in [0.25, 0.3) is 5.91 Å². The number of nitrogens with one attached hydrogen (secondary N) is 1. The molecule has 19 heavy (non-hydrogen) atoms. The Balaban J connectivity index is 2.78. The second-order valence-electron chi connectivity index (χ2n) is 4.19. The lowest BCUT2D eigenvalue weighted by atomic mass is 10.1. The van der Waals surface area contributed by atoms with Crippen LogP contribution in [0.2, 0.25) is 0 Å². The van der Waals surface area contributed by atoms with E-state index in [-0.39, 0.29) is 12.0 Å². The summed E-state index contributed by atoms with van der Waals surface area (Å²) in [7, 11) is 0. The highest BCUT2D eigenvalue weighted by molar-refractivity contribution is 5.96. The van der Waals surface area contributed by atoms with E-state index in [0.717, 1.165) is 0 Å². The number of halogens is 1. The number of allylic oxidation sites excluding steroid dienone is 1. The highest BCUT2D eigenvalue weighted by atomic mass is 19.1. The lowest BCUT2D eigenvalue weighted by Crippen LogP contribution is -2.40. The summed E-state index contributed by atoms with van der Waals surface area (Å²) in [6.45, 7) is 5.04. The van der Waals surface area contributed by atoms with E-state index in [4.69, 9.17) is 5.11 Å². The van der Waals surface area contributed by atoms with Crippen molar-refractivity contribution >= 4 is 11.9 Å². The summed E-state index contributed by atoms with van der Waals surface area (Å²) in [6.07, 6.45) is 2.34. The second kappa shape index (κ2) is 6.68. The van der Waals surface area contributed by atoms with E-state index < -0.39 is 23.7 Å². The number of aliphatic carboxylic acids is 1. The van der Waals surface area contributed by atoms with E-state index in [1.54, 1.807) is 13.0 Å². The standard InChI is InChI=1S/C14H16FNO3/c1-3-4-5-12(14(18)19)16-13(17)10-6-7-11(15)9(2)8-10/h3,6-8,12H,1,4-5H2,2H3,(H,16,17)(H,18,19). The number of hydrogen-bond acceptors (Lipinski definition) is 2. The van der Waals surface area contributed by atoms with E-state index in [1.807, 2.05) is 0 Å². The van der Waals surface area contributed by atoms with Crippen molar-refractivity contribution in [3.8, 4) is 0 Å². The van der Waals surface area contributed by atoms with Crippen molar-refractivity contribution in [2.24, 2.45) is 0 Å². The number of rotatable bonds is 6. The van der Waals surface area contributed by atoms with Crippen molar-refractivity contribution in [3.05, 3.63) is 47.8 Å². The molecule has 0 aliphatic carbocycles. The zero-order chi connectivity index (χ0) is 14.4. The third-order valence-electron chi connectivity index (χ3n) is 2.68. The van der Waals surface area contributed by atoms with Gasteiger partial charge in [0, 0.05) is 5.56 Å². The van der Waals surface area contributed by atoms with E-state index in [9.17, 15) is 14.0 Å². The third-order valence-corrected chi connectivity index (χ3v) is 2.68. The topological polar surface area (TPSA) is 66.4 Å². The van der Waals surface area contributed by atoms with Gasteiger partial charge in [-0.3, -0.25) is 4.79 Å². The quantitative estimate of drug-likeness (QED) is 0.775. The number of amides is 1. The molecule has 1 amide bonds. The average molecular weight is 265 g/mol. The molecule has 5 heteroatoms. The molecule has 0 aliphatic rings. The minimum atomic E-state index is -1.10. The SMILES string of the molecule is C=CCCC(NC(=O)c1ccc(F)c(C)c1)C(=O)O. The zero-order valence-corrected chi connectivity index (χ0v) is 10.6. The first kappa shape index (κ1) is 14.9. The number of hydrogen-bond donors (Lipinski definition) is 2. The molecule has 0 fully saturated rings. The molecule has 102 valence electrons. The minimum Gasteiger partial charge on any atom is -0.480 e. The Hall–Kier alpha value is -2.17. The van der Waals surface area contributed by atoms with Crippen molar-refractivity contribution in [1.82, 2.24) is 5.32 Å².